The van der Waals surface area contributed by atoms with Crippen LogP contribution in [0.1, 0.15) is 16.7 Å². The van der Waals surface area contributed by atoms with Gasteiger partial charge in [-0.1, -0.05) is 40.2 Å². The van der Waals surface area contributed by atoms with Crippen molar-refractivity contribution < 1.29 is 9.53 Å². The number of benzene rings is 3. The molecule has 3 aromatic carbocycles. The second-order valence-corrected chi connectivity index (χ2v) is 10.0. The summed E-state index contributed by atoms with van der Waals surface area (Å²) in [6.07, 6.45) is 3.93. The Hall–Kier alpha value is -2.41. The number of carbonyl (C=O) groups is 1. The van der Waals surface area contributed by atoms with Gasteiger partial charge >= 0.3 is 0 Å². The van der Waals surface area contributed by atoms with Gasteiger partial charge in [0.15, 0.2) is 0 Å². The van der Waals surface area contributed by atoms with Crippen LogP contribution in [0.5, 0.6) is 5.75 Å². The Morgan fingerprint density at radius 2 is 1.91 bits per heavy atom. The van der Waals surface area contributed by atoms with Gasteiger partial charge in [-0.15, -0.1) is 6.58 Å². The molecule has 0 bridgehead atoms. The lowest BCUT2D eigenvalue weighted by Crippen LogP contribution is -2.13. The number of halogens is 3. The van der Waals surface area contributed by atoms with Crippen molar-refractivity contribution >= 4 is 72.1 Å². The molecule has 0 heterocycles. The summed E-state index contributed by atoms with van der Waals surface area (Å²) in [5, 5.41) is 12.3. The lowest BCUT2D eigenvalue weighted by molar-refractivity contribution is -0.112. The fourth-order valence-electron chi connectivity index (χ4n) is 3.04. The summed E-state index contributed by atoms with van der Waals surface area (Å²) in [7, 11) is 0. The molecule has 0 atom stereocenters. The van der Waals surface area contributed by atoms with Gasteiger partial charge in [0.05, 0.1) is 4.47 Å². The number of anilines is 1. The van der Waals surface area contributed by atoms with Crippen LogP contribution in [0.2, 0.25) is 0 Å². The highest BCUT2D eigenvalue weighted by atomic mass is 127. The Bertz CT molecular complexity index is 1250. The average Bonchev–Trinajstić information content (AvgIpc) is 2.78. The largest absolute Gasteiger partial charge is 0.487 e. The molecular formula is C26H19Br2IN2O2. The minimum Gasteiger partial charge on any atom is -0.487 e. The molecule has 0 aliphatic rings. The molecule has 0 aliphatic carbocycles. The van der Waals surface area contributed by atoms with Crippen molar-refractivity contribution in [3.05, 3.63) is 108 Å². The Balaban J connectivity index is 1.85. The van der Waals surface area contributed by atoms with Crippen LogP contribution in [-0.4, -0.2) is 5.91 Å². The van der Waals surface area contributed by atoms with Gasteiger partial charge in [0.25, 0.3) is 5.91 Å². The summed E-state index contributed by atoms with van der Waals surface area (Å²) in [5.41, 5.74) is 3.27. The van der Waals surface area contributed by atoms with E-state index in [0.29, 0.717) is 30.0 Å². The van der Waals surface area contributed by atoms with Crippen LogP contribution in [0.4, 0.5) is 5.69 Å². The van der Waals surface area contributed by atoms with Crippen LogP contribution < -0.4 is 10.1 Å². The number of hydrogen-bond acceptors (Lipinski definition) is 3. The molecule has 0 saturated heterocycles. The first kappa shape index (κ1) is 25.2. The third-order valence-electron chi connectivity index (χ3n) is 4.56. The second kappa shape index (κ2) is 12.2. The van der Waals surface area contributed by atoms with E-state index in [1.54, 1.807) is 24.3 Å². The highest BCUT2D eigenvalue weighted by Gasteiger charge is 2.14. The minimum absolute atomic E-state index is 0.000939. The number of hydrogen-bond donors (Lipinski definition) is 1. The van der Waals surface area contributed by atoms with E-state index in [9.17, 15) is 10.1 Å². The molecule has 0 saturated carbocycles. The van der Waals surface area contributed by atoms with Gasteiger partial charge in [0.1, 0.15) is 24.0 Å². The van der Waals surface area contributed by atoms with Gasteiger partial charge in [0.2, 0.25) is 0 Å². The van der Waals surface area contributed by atoms with E-state index < -0.39 is 5.91 Å². The third kappa shape index (κ3) is 7.29. The number of nitrogens with one attached hydrogen (secondary N) is 1. The lowest BCUT2D eigenvalue weighted by atomic mass is 10.0. The second-order valence-electron chi connectivity index (χ2n) is 7.03. The Kier molecular flexibility index (Phi) is 9.30. The maximum absolute atomic E-state index is 12.6. The summed E-state index contributed by atoms with van der Waals surface area (Å²) in [6, 6.07) is 21.1. The zero-order valence-corrected chi connectivity index (χ0v) is 22.8. The van der Waals surface area contributed by atoms with Crippen molar-refractivity contribution in [2.24, 2.45) is 0 Å². The molecule has 7 heteroatoms. The molecule has 4 nitrogen and oxygen atoms in total. The molecule has 0 radical (unpaired) electrons. The Morgan fingerprint density at radius 1 is 1.15 bits per heavy atom. The van der Waals surface area contributed by atoms with Crippen molar-refractivity contribution in [2.45, 2.75) is 13.0 Å². The van der Waals surface area contributed by atoms with Gasteiger partial charge in [-0.3, -0.25) is 4.79 Å². The molecule has 3 aromatic rings. The number of amides is 1. The fourth-order valence-corrected chi connectivity index (χ4v) is 4.43. The van der Waals surface area contributed by atoms with E-state index in [2.05, 4.69) is 66.3 Å². The van der Waals surface area contributed by atoms with Crippen molar-refractivity contribution in [3.63, 3.8) is 0 Å². The highest BCUT2D eigenvalue weighted by Crippen LogP contribution is 2.33. The summed E-state index contributed by atoms with van der Waals surface area (Å²) in [6.45, 7) is 4.26. The summed E-state index contributed by atoms with van der Waals surface area (Å²) in [4.78, 5) is 12.6. The average molecular weight is 678 g/mol. The lowest BCUT2D eigenvalue weighted by Gasteiger charge is -2.14. The van der Waals surface area contributed by atoms with Crippen LogP contribution in [0.3, 0.4) is 0 Å². The summed E-state index contributed by atoms with van der Waals surface area (Å²) < 4.78 is 8.84. The number of ether oxygens (including phenoxy) is 1. The molecule has 1 N–H and O–H groups in total. The maximum atomic E-state index is 12.6. The van der Waals surface area contributed by atoms with Crippen LogP contribution in [0.15, 0.2) is 87.8 Å². The van der Waals surface area contributed by atoms with E-state index in [1.165, 1.54) is 3.57 Å². The van der Waals surface area contributed by atoms with E-state index in [1.807, 2.05) is 54.6 Å². The Morgan fingerprint density at radius 3 is 2.58 bits per heavy atom. The zero-order chi connectivity index (χ0) is 23.8. The predicted molar refractivity (Wildman–Crippen MR) is 148 cm³/mol. The minimum atomic E-state index is -0.476. The normalized spacial score (nSPS) is 10.9. The van der Waals surface area contributed by atoms with Gasteiger partial charge in [-0.05, 0) is 110 Å². The molecule has 33 heavy (non-hydrogen) atoms. The van der Waals surface area contributed by atoms with Gasteiger partial charge < -0.3 is 10.1 Å². The molecule has 1 amide bonds. The molecule has 3 rings (SSSR count). The fraction of sp³-hybridized carbons (Fsp3) is 0.0769. The molecule has 0 unspecified atom stereocenters. The topological polar surface area (TPSA) is 62.1 Å². The van der Waals surface area contributed by atoms with Crippen molar-refractivity contribution in [1.82, 2.24) is 0 Å². The molecular weight excluding hydrogens is 659 g/mol. The predicted octanol–water partition coefficient (Wildman–Crippen LogP) is 7.67. The number of allylic oxidation sites excluding steroid dienone is 1. The Labute approximate surface area is 223 Å². The first-order chi connectivity index (χ1) is 15.9. The molecule has 0 spiro atoms. The monoisotopic (exact) mass is 676 g/mol. The standard InChI is InChI=1S/C26H19Br2IN2O2/c1-2-4-19-11-18(12-20(15-30)26(32)31-23-6-3-5-21(27)14-23)13-24(28)25(19)33-16-17-7-9-22(29)10-8-17/h2-3,5-14H,1,4,16H2,(H,31,32)/b20-12-. The molecule has 0 aromatic heterocycles. The van der Waals surface area contributed by atoms with Gasteiger partial charge in [-0.2, -0.15) is 5.26 Å². The van der Waals surface area contributed by atoms with Gasteiger partial charge in [-0.25, -0.2) is 0 Å². The smallest absolute Gasteiger partial charge is 0.266 e. The molecule has 166 valence electrons. The van der Waals surface area contributed by atoms with Crippen LogP contribution in [0.25, 0.3) is 6.08 Å². The maximum Gasteiger partial charge on any atom is 0.266 e. The third-order valence-corrected chi connectivity index (χ3v) is 6.36. The first-order valence-electron chi connectivity index (χ1n) is 9.89. The number of rotatable bonds is 8. The van der Waals surface area contributed by atoms with Crippen molar-refractivity contribution in [3.8, 4) is 11.8 Å². The van der Waals surface area contributed by atoms with E-state index in [-0.39, 0.29) is 5.57 Å². The highest BCUT2D eigenvalue weighted by molar-refractivity contribution is 14.1. The SMILES string of the molecule is C=CCc1cc(/C=C(/C#N)C(=O)Nc2cccc(Br)c2)cc(Br)c1OCc1ccc(I)cc1. The van der Waals surface area contributed by atoms with Crippen LogP contribution >= 0.6 is 54.5 Å². The summed E-state index contributed by atoms with van der Waals surface area (Å²) >= 11 is 9.22. The van der Waals surface area contributed by atoms with E-state index in [4.69, 9.17) is 4.74 Å². The zero-order valence-electron chi connectivity index (χ0n) is 17.4. The number of nitrogens with zero attached hydrogens (tertiary/aromatic N) is 1. The van der Waals surface area contributed by atoms with E-state index >= 15 is 0 Å². The van der Waals surface area contributed by atoms with Gasteiger partial charge in [0, 0.05) is 13.7 Å². The van der Waals surface area contributed by atoms with Crippen LogP contribution in [0, 0.1) is 14.9 Å². The number of nitriles is 1. The quantitative estimate of drug-likeness (QED) is 0.115. The summed E-state index contributed by atoms with van der Waals surface area (Å²) in [5.74, 6) is 0.235. The molecule has 0 fully saturated rings. The number of carbonyl (C=O) groups excluding carboxylic acids is 1. The van der Waals surface area contributed by atoms with E-state index in [0.717, 1.165) is 20.1 Å². The van der Waals surface area contributed by atoms with Crippen molar-refractivity contribution in [1.29, 1.82) is 5.26 Å². The first-order valence-corrected chi connectivity index (χ1v) is 12.6. The van der Waals surface area contributed by atoms with Crippen LogP contribution in [-0.2, 0) is 17.8 Å². The molecule has 0 aliphatic heterocycles. The van der Waals surface area contributed by atoms with Crippen molar-refractivity contribution in [2.75, 3.05) is 5.32 Å².